The van der Waals surface area contributed by atoms with Crippen molar-refractivity contribution in [2.24, 2.45) is 11.8 Å². The van der Waals surface area contributed by atoms with Crippen LogP contribution in [0.25, 0.3) is 0 Å². The Hall–Kier alpha value is -3.73. The molecular weight excluding hydrogens is 364 g/mol. The Kier molecular flexibility index (Phi) is 4.02. The van der Waals surface area contributed by atoms with E-state index >= 15 is 0 Å². The first-order chi connectivity index (χ1) is 14.2. The summed E-state index contributed by atoms with van der Waals surface area (Å²) in [5.41, 5.74) is 2.03. The molecule has 29 heavy (non-hydrogen) atoms. The summed E-state index contributed by atoms with van der Waals surface area (Å²) in [5, 5.41) is 0. The molecule has 5 rings (SSSR count). The van der Waals surface area contributed by atoms with E-state index in [-0.39, 0.29) is 11.8 Å². The average molecular weight is 382 g/mol. The molecule has 3 aromatic rings. The molecule has 2 aliphatic rings. The SMILES string of the molecule is O=C1[C@H]2C(=O)N(c3ccccc3)[C@H](c3ccccc3)[C@H]2C(=O)N1c1ccccc1. The van der Waals surface area contributed by atoms with E-state index in [0.29, 0.717) is 11.4 Å². The van der Waals surface area contributed by atoms with Gasteiger partial charge in [-0.05, 0) is 29.8 Å². The summed E-state index contributed by atoms with van der Waals surface area (Å²) in [7, 11) is 0. The number of para-hydroxylation sites is 2. The smallest absolute Gasteiger partial charge is 0.247 e. The molecule has 0 aliphatic carbocycles. The third-order valence-corrected chi connectivity index (χ3v) is 5.66. The zero-order valence-corrected chi connectivity index (χ0v) is 15.5. The number of rotatable bonds is 3. The van der Waals surface area contributed by atoms with Crippen LogP contribution in [0.4, 0.5) is 11.4 Å². The average Bonchev–Trinajstić information content (AvgIpc) is 3.22. The lowest BCUT2D eigenvalue weighted by molar-refractivity contribution is -0.129. The first-order valence-electron chi connectivity index (χ1n) is 9.54. The number of carbonyl (C=O) groups excluding carboxylic acids is 3. The fourth-order valence-corrected chi connectivity index (χ4v) is 4.43. The van der Waals surface area contributed by atoms with Gasteiger partial charge < -0.3 is 4.90 Å². The Morgan fingerprint density at radius 1 is 0.552 bits per heavy atom. The molecule has 2 fully saturated rings. The Balaban J connectivity index is 1.65. The summed E-state index contributed by atoms with van der Waals surface area (Å²) < 4.78 is 0. The summed E-state index contributed by atoms with van der Waals surface area (Å²) in [6.07, 6.45) is 0. The minimum Gasteiger partial charge on any atom is -0.303 e. The Morgan fingerprint density at radius 2 is 1.07 bits per heavy atom. The molecule has 0 radical (unpaired) electrons. The van der Waals surface area contributed by atoms with Crippen molar-refractivity contribution in [3.05, 3.63) is 96.6 Å². The van der Waals surface area contributed by atoms with E-state index < -0.39 is 23.8 Å². The number of nitrogens with zero attached hydrogens (tertiary/aromatic N) is 2. The van der Waals surface area contributed by atoms with Crippen molar-refractivity contribution in [2.75, 3.05) is 9.80 Å². The number of anilines is 2. The minimum absolute atomic E-state index is 0.327. The normalized spacial score (nSPS) is 23.6. The van der Waals surface area contributed by atoms with Crippen LogP contribution in [0.2, 0.25) is 0 Å². The number of hydrogen-bond donors (Lipinski definition) is 0. The Morgan fingerprint density at radius 3 is 1.66 bits per heavy atom. The molecule has 5 heteroatoms. The van der Waals surface area contributed by atoms with Crippen LogP contribution in [0.15, 0.2) is 91.0 Å². The number of hydrogen-bond acceptors (Lipinski definition) is 3. The van der Waals surface area contributed by atoms with Crippen LogP contribution in [0.1, 0.15) is 11.6 Å². The number of fused-ring (bicyclic) bond motifs is 1. The fraction of sp³-hybridized carbons (Fsp3) is 0.125. The summed E-state index contributed by atoms with van der Waals surface area (Å²) in [6.45, 7) is 0. The number of imide groups is 1. The summed E-state index contributed by atoms with van der Waals surface area (Å²) >= 11 is 0. The van der Waals surface area contributed by atoms with Gasteiger partial charge in [0.1, 0.15) is 5.92 Å². The topological polar surface area (TPSA) is 57.7 Å². The van der Waals surface area contributed by atoms with Gasteiger partial charge in [0.2, 0.25) is 17.7 Å². The van der Waals surface area contributed by atoms with Crippen LogP contribution < -0.4 is 9.80 Å². The molecule has 0 N–H and O–H groups in total. The van der Waals surface area contributed by atoms with E-state index in [4.69, 9.17) is 0 Å². The highest BCUT2D eigenvalue weighted by Gasteiger charge is 2.63. The zero-order valence-electron chi connectivity index (χ0n) is 15.5. The van der Waals surface area contributed by atoms with Crippen molar-refractivity contribution in [2.45, 2.75) is 6.04 Å². The molecule has 0 spiro atoms. The van der Waals surface area contributed by atoms with Gasteiger partial charge in [-0.1, -0.05) is 66.7 Å². The molecule has 2 heterocycles. The molecule has 2 saturated heterocycles. The zero-order chi connectivity index (χ0) is 20.0. The van der Waals surface area contributed by atoms with E-state index in [1.165, 1.54) is 4.90 Å². The molecule has 3 aromatic carbocycles. The second-order valence-corrected chi connectivity index (χ2v) is 7.25. The lowest BCUT2D eigenvalue weighted by Gasteiger charge is -2.29. The van der Waals surface area contributed by atoms with Crippen molar-refractivity contribution in [1.82, 2.24) is 0 Å². The van der Waals surface area contributed by atoms with Crippen LogP contribution >= 0.6 is 0 Å². The molecule has 5 nitrogen and oxygen atoms in total. The second kappa shape index (κ2) is 6.71. The van der Waals surface area contributed by atoms with Crippen molar-refractivity contribution in [1.29, 1.82) is 0 Å². The highest BCUT2D eigenvalue weighted by molar-refractivity contribution is 6.31. The van der Waals surface area contributed by atoms with Crippen molar-refractivity contribution < 1.29 is 14.4 Å². The maximum atomic E-state index is 13.4. The molecule has 2 aliphatic heterocycles. The van der Waals surface area contributed by atoms with Gasteiger partial charge in [-0.25, -0.2) is 4.90 Å². The fourth-order valence-electron chi connectivity index (χ4n) is 4.43. The molecular formula is C24H18N2O3. The van der Waals surface area contributed by atoms with Gasteiger partial charge in [0.05, 0.1) is 17.6 Å². The van der Waals surface area contributed by atoms with Gasteiger partial charge in [0.15, 0.2) is 0 Å². The minimum atomic E-state index is -1.01. The van der Waals surface area contributed by atoms with Crippen molar-refractivity contribution in [3.8, 4) is 0 Å². The van der Waals surface area contributed by atoms with E-state index in [1.807, 2.05) is 66.7 Å². The van der Waals surface area contributed by atoms with Gasteiger partial charge in [-0.15, -0.1) is 0 Å². The second-order valence-electron chi connectivity index (χ2n) is 7.25. The van der Waals surface area contributed by atoms with Crippen LogP contribution in [0.5, 0.6) is 0 Å². The first kappa shape index (κ1) is 17.4. The van der Waals surface area contributed by atoms with Gasteiger partial charge in [0.25, 0.3) is 0 Å². The van der Waals surface area contributed by atoms with Crippen LogP contribution in [0.3, 0.4) is 0 Å². The van der Waals surface area contributed by atoms with Gasteiger partial charge in [-0.3, -0.25) is 14.4 Å². The van der Waals surface area contributed by atoms with E-state index in [9.17, 15) is 14.4 Å². The molecule has 142 valence electrons. The summed E-state index contributed by atoms with van der Waals surface area (Å²) in [4.78, 5) is 42.9. The van der Waals surface area contributed by atoms with Crippen molar-refractivity contribution >= 4 is 29.1 Å². The lowest BCUT2D eigenvalue weighted by Crippen LogP contribution is -2.39. The number of benzene rings is 3. The maximum absolute atomic E-state index is 13.4. The van der Waals surface area contributed by atoms with E-state index in [2.05, 4.69) is 0 Å². The third kappa shape index (κ3) is 2.58. The summed E-state index contributed by atoms with van der Waals surface area (Å²) in [6, 6.07) is 27.0. The first-order valence-corrected chi connectivity index (χ1v) is 9.54. The lowest BCUT2D eigenvalue weighted by atomic mass is 9.88. The number of carbonyl (C=O) groups is 3. The Labute approximate surface area is 168 Å². The van der Waals surface area contributed by atoms with Crippen LogP contribution in [0, 0.1) is 11.8 Å². The third-order valence-electron chi connectivity index (χ3n) is 5.66. The van der Waals surface area contributed by atoms with Crippen molar-refractivity contribution in [3.63, 3.8) is 0 Å². The van der Waals surface area contributed by atoms with Gasteiger partial charge >= 0.3 is 0 Å². The highest BCUT2D eigenvalue weighted by atomic mass is 16.2. The molecule has 0 bridgehead atoms. The standard InChI is InChI=1S/C24H18N2O3/c27-22-19-20(24(29)26(22)18-14-8-3-9-15-18)23(28)25(17-12-6-2-7-13-17)21(19)16-10-4-1-5-11-16/h1-15,19-21H/t19-,20+,21+/m0/s1. The molecule has 0 saturated carbocycles. The predicted octanol–water partition coefficient (Wildman–Crippen LogP) is 3.58. The largest absolute Gasteiger partial charge is 0.303 e. The quantitative estimate of drug-likeness (QED) is 0.514. The molecule has 3 atom stereocenters. The molecule has 0 unspecified atom stereocenters. The van der Waals surface area contributed by atoms with Crippen LogP contribution in [-0.2, 0) is 14.4 Å². The van der Waals surface area contributed by atoms with E-state index in [0.717, 1.165) is 5.56 Å². The van der Waals surface area contributed by atoms with Gasteiger partial charge in [-0.2, -0.15) is 0 Å². The maximum Gasteiger partial charge on any atom is 0.247 e. The van der Waals surface area contributed by atoms with Crippen LogP contribution in [-0.4, -0.2) is 17.7 Å². The number of amides is 3. The summed E-state index contributed by atoms with van der Waals surface area (Å²) in [5.74, 6) is -2.86. The monoisotopic (exact) mass is 382 g/mol. The molecule has 0 aromatic heterocycles. The van der Waals surface area contributed by atoms with E-state index in [1.54, 1.807) is 29.2 Å². The highest BCUT2D eigenvalue weighted by Crippen LogP contribution is 2.49. The van der Waals surface area contributed by atoms with Gasteiger partial charge in [0, 0.05) is 5.69 Å². The predicted molar refractivity (Wildman–Crippen MR) is 109 cm³/mol. The Bertz CT molecular complexity index is 1080. The molecule has 3 amide bonds.